The summed E-state index contributed by atoms with van der Waals surface area (Å²) < 4.78 is 7.53. The zero-order valence-corrected chi connectivity index (χ0v) is 15.9. The van der Waals surface area contributed by atoms with Gasteiger partial charge in [0.2, 0.25) is 0 Å². The monoisotopic (exact) mass is 378 g/mol. The van der Waals surface area contributed by atoms with Gasteiger partial charge in [-0.15, -0.1) is 0 Å². The molecule has 2 aromatic heterocycles. The molecule has 3 aromatic rings. The lowest BCUT2D eigenvalue weighted by molar-refractivity contribution is 0.0578. The van der Waals surface area contributed by atoms with Crippen LogP contribution in [0, 0.1) is 6.92 Å². The highest BCUT2D eigenvalue weighted by Gasteiger charge is 2.25. The van der Waals surface area contributed by atoms with Crippen LogP contribution in [0.2, 0.25) is 0 Å². The van der Waals surface area contributed by atoms with Crippen molar-refractivity contribution in [2.75, 3.05) is 13.1 Å². The Balaban J connectivity index is 1.36. The molecule has 0 bridgehead atoms. The van der Waals surface area contributed by atoms with E-state index in [1.165, 1.54) is 0 Å². The topological polar surface area (TPSA) is 86.0 Å². The number of aromatic nitrogens is 5. The second-order valence-corrected chi connectivity index (χ2v) is 6.82. The first kappa shape index (κ1) is 18.1. The third kappa shape index (κ3) is 3.85. The van der Waals surface area contributed by atoms with Crippen LogP contribution in [0.5, 0.6) is 6.01 Å². The number of hydrogen-bond acceptors (Lipinski definition) is 6. The molecule has 144 valence electrons. The lowest BCUT2D eigenvalue weighted by Crippen LogP contribution is -2.41. The zero-order valence-electron chi connectivity index (χ0n) is 15.9. The van der Waals surface area contributed by atoms with E-state index in [1.54, 1.807) is 23.1 Å². The van der Waals surface area contributed by atoms with Gasteiger partial charge >= 0.3 is 6.01 Å². The van der Waals surface area contributed by atoms with E-state index in [0.29, 0.717) is 30.5 Å². The van der Waals surface area contributed by atoms with Crippen LogP contribution in [-0.2, 0) is 7.05 Å². The maximum Gasteiger partial charge on any atom is 0.316 e. The maximum atomic E-state index is 12.8. The molecular weight excluding hydrogens is 356 g/mol. The van der Waals surface area contributed by atoms with Gasteiger partial charge in [-0.2, -0.15) is 5.10 Å². The molecule has 0 atom stereocenters. The van der Waals surface area contributed by atoms with E-state index < -0.39 is 0 Å². The lowest BCUT2D eigenvalue weighted by atomic mass is 10.1. The Morgan fingerprint density at radius 1 is 1.11 bits per heavy atom. The van der Waals surface area contributed by atoms with Crippen LogP contribution in [0.25, 0.3) is 11.4 Å². The van der Waals surface area contributed by atoms with Crippen molar-refractivity contribution in [1.29, 1.82) is 0 Å². The molecular formula is C20H22N6O2. The van der Waals surface area contributed by atoms with Gasteiger partial charge in [0, 0.05) is 56.5 Å². The molecule has 8 nitrogen and oxygen atoms in total. The van der Waals surface area contributed by atoms with Gasteiger partial charge in [0.1, 0.15) is 11.9 Å². The Morgan fingerprint density at radius 2 is 1.79 bits per heavy atom. The smallest absolute Gasteiger partial charge is 0.316 e. The van der Waals surface area contributed by atoms with Crippen molar-refractivity contribution in [3.05, 3.63) is 54.1 Å². The number of likely N-dealkylation sites (tertiary alicyclic amines) is 1. The van der Waals surface area contributed by atoms with Crippen LogP contribution in [0.4, 0.5) is 0 Å². The zero-order chi connectivity index (χ0) is 19.5. The molecule has 0 saturated carbocycles. The molecule has 4 rings (SSSR count). The minimum absolute atomic E-state index is 0.0334. The summed E-state index contributed by atoms with van der Waals surface area (Å²) in [6.45, 7) is 3.21. The summed E-state index contributed by atoms with van der Waals surface area (Å²) >= 11 is 0. The van der Waals surface area contributed by atoms with Crippen molar-refractivity contribution in [2.45, 2.75) is 25.9 Å². The highest BCUT2D eigenvalue weighted by molar-refractivity contribution is 5.94. The van der Waals surface area contributed by atoms with Crippen molar-refractivity contribution in [1.82, 2.24) is 29.6 Å². The molecule has 0 unspecified atom stereocenters. The molecule has 1 aromatic carbocycles. The molecule has 0 aliphatic carbocycles. The third-order valence-electron chi connectivity index (χ3n) is 4.91. The molecule has 0 radical (unpaired) electrons. The van der Waals surface area contributed by atoms with E-state index in [-0.39, 0.29) is 12.0 Å². The summed E-state index contributed by atoms with van der Waals surface area (Å²) in [6, 6.07) is 9.61. The quantitative estimate of drug-likeness (QED) is 0.692. The average Bonchev–Trinajstić information content (AvgIpc) is 3.07. The molecule has 0 N–H and O–H groups in total. The SMILES string of the molecule is Cc1nc(-c2ccc(C(=O)N3CCC(Oc4ncccn4)CC3)cc2)nn1C. The van der Waals surface area contributed by atoms with E-state index in [4.69, 9.17) is 4.74 Å². The Hall–Kier alpha value is -3.29. The summed E-state index contributed by atoms with van der Waals surface area (Å²) in [4.78, 5) is 27.3. The van der Waals surface area contributed by atoms with Gasteiger partial charge in [0.25, 0.3) is 5.91 Å². The van der Waals surface area contributed by atoms with Crippen LogP contribution < -0.4 is 4.74 Å². The highest BCUT2D eigenvalue weighted by atomic mass is 16.5. The molecule has 1 saturated heterocycles. The average molecular weight is 378 g/mol. The van der Waals surface area contributed by atoms with Crippen LogP contribution in [-0.4, -0.2) is 54.7 Å². The molecule has 1 aliphatic heterocycles. The van der Waals surface area contributed by atoms with E-state index >= 15 is 0 Å². The lowest BCUT2D eigenvalue weighted by Gasteiger charge is -2.31. The predicted molar refractivity (Wildman–Crippen MR) is 103 cm³/mol. The first-order valence-electron chi connectivity index (χ1n) is 9.31. The number of carbonyl (C=O) groups excluding carboxylic acids is 1. The normalized spacial score (nSPS) is 14.9. The number of nitrogens with zero attached hydrogens (tertiary/aromatic N) is 6. The maximum absolute atomic E-state index is 12.8. The number of ether oxygens (including phenoxy) is 1. The van der Waals surface area contributed by atoms with E-state index in [9.17, 15) is 4.79 Å². The van der Waals surface area contributed by atoms with Crippen molar-refractivity contribution in [3.63, 3.8) is 0 Å². The van der Waals surface area contributed by atoms with Gasteiger partial charge in [-0.05, 0) is 25.1 Å². The Labute approximate surface area is 163 Å². The van der Waals surface area contributed by atoms with Gasteiger partial charge in [-0.1, -0.05) is 12.1 Å². The highest BCUT2D eigenvalue weighted by Crippen LogP contribution is 2.20. The number of piperidine rings is 1. The van der Waals surface area contributed by atoms with Crippen molar-refractivity contribution in [2.24, 2.45) is 7.05 Å². The minimum Gasteiger partial charge on any atom is -0.460 e. The van der Waals surface area contributed by atoms with Gasteiger partial charge < -0.3 is 9.64 Å². The fraction of sp³-hybridized carbons (Fsp3) is 0.350. The minimum atomic E-state index is 0.0334. The van der Waals surface area contributed by atoms with Crippen LogP contribution in [0.15, 0.2) is 42.7 Å². The van der Waals surface area contributed by atoms with E-state index in [1.807, 2.05) is 43.1 Å². The van der Waals surface area contributed by atoms with Crippen molar-refractivity contribution >= 4 is 5.91 Å². The fourth-order valence-electron chi connectivity index (χ4n) is 3.20. The van der Waals surface area contributed by atoms with Crippen molar-refractivity contribution < 1.29 is 9.53 Å². The summed E-state index contributed by atoms with van der Waals surface area (Å²) in [6.07, 6.45) is 4.88. The van der Waals surface area contributed by atoms with Crippen LogP contribution >= 0.6 is 0 Å². The van der Waals surface area contributed by atoms with Gasteiger partial charge in [0.15, 0.2) is 5.82 Å². The number of benzene rings is 1. The second kappa shape index (κ2) is 7.75. The summed E-state index contributed by atoms with van der Waals surface area (Å²) in [5, 5.41) is 4.37. The Bertz CT molecular complexity index is 927. The largest absolute Gasteiger partial charge is 0.460 e. The number of aryl methyl sites for hydroxylation is 2. The first-order chi connectivity index (χ1) is 13.6. The first-order valence-corrected chi connectivity index (χ1v) is 9.31. The third-order valence-corrected chi connectivity index (χ3v) is 4.91. The summed E-state index contributed by atoms with van der Waals surface area (Å²) in [5.74, 6) is 1.55. The number of rotatable bonds is 4. The van der Waals surface area contributed by atoms with Crippen LogP contribution in [0.3, 0.4) is 0 Å². The van der Waals surface area contributed by atoms with E-state index in [2.05, 4.69) is 20.1 Å². The van der Waals surface area contributed by atoms with Crippen LogP contribution in [0.1, 0.15) is 29.0 Å². The van der Waals surface area contributed by atoms with Crippen molar-refractivity contribution in [3.8, 4) is 17.4 Å². The van der Waals surface area contributed by atoms with Gasteiger partial charge in [0.05, 0.1) is 0 Å². The summed E-state index contributed by atoms with van der Waals surface area (Å²) in [7, 11) is 1.86. The Kier molecular flexibility index (Phi) is 5.01. The fourth-order valence-corrected chi connectivity index (χ4v) is 3.20. The number of hydrogen-bond donors (Lipinski definition) is 0. The van der Waals surface area contributed by atoms with E-state index in [0.717, 1.165) is 24.2 Å². The standard InChI is InChI=1S/C20H22N6O2/c1-14-23-18(24-25(14)2)15-4-6-16(7-5-15)19(27)26-12-8-17(9-13-26)28-20-21-10-3-11-22-20/h3-7,10-11,17H,8-9,12-13H2,1-2H3. The molecule has 0 spiro atoms. The number of amides is 1. The summed E-state index contributed by atoms with van der Waals surface area (Å²) in [5.41, 5.74) is 1.57. The number of carbonyl (C=O) groups is 1. The molecule has 28 heavy (non-hydrogen) atoms. The molecule has 1 fully saturated rings. The molecule has 8 heteroatoms. The second-order valence-electron chi connectivity index (χ2n) is 6.82. The molecule has 3 heterocycles. The Morgan fingerprint density at radius 3 is 2.39 bits per heavy atom. The predicted octanol–water partition coefficient (Wildman–Crippen LogP) is 2.26. The van der Waals surface area contributed by atoms with Gasteiger partial charge in [-0.3, -0.25) is 9.48 Å². The molecule has 1 amide bonds. The molecule has 1 aliphatic rings. The van der Waals surface area contributed by atoms with Gasteiger partial charge in [-0.25, -0.2) is 15.0 Å².